The maximum atomic E-state index is 13.7. The number of unbranched alkanes of at least 4 members (excludes halogenated alkanes) is 1. The van der Waals surface area contributed by atoms with Crippen molar-refractivity contribution in [3.8, 4) is 5.75 Å². The van der Waals surface area contributed by atoms with Gasteiger partial charge in [0.2, 0.25) is 5.76 Å². The molecule has 3 aromatic carbocycles. The third kappa shape index (κ3) is 4.07. The van der Waals surface area contributed by atoms with Crippen LogP contribution in [0.15, 0.2) is 84.9 Å². The lowest BCUT2D eigenvalue weighted by Crippen LogP contribution is -2.29. The number of benzene rings is 3. The van der Waals surface area contributed by atoms with Gasteiger partial charge in [-0.2, -0.15) is 0 Å². The summed E-state index contributed by atoms with van der Waals surface area (Å²) in [5.41, 5.74) is 1.99. The average Bonchev–Trinajstić information content (AvgIpc) is 3.13. The summed E-state index contributed by atoms with van der Waals surface area (Å²) in [4.78, 5) is 29.0. The molecule has 0 spiro atoms. The molecule has 1 aliphatic heterocycles. The van der Waals surface area contributed by atoms with E-state index in [1.54, 1.807) is 23.1 Å². The van der Waals surface area contributed by atoms with E-state index in [-0.39, 0.29) is 17.1 Å². The number of nitrogens with zero attached hydrogens (tertiary/aromatic N) is 1. The molecule has 5 rings (SSSR count). The number of hydrogen-bond donors (Lipinski definition) is 0. The second-order valence-electron chi connectivity index (χ2n) is 8.14. The van der Waals surface area contributed by atoms with Gasteiger partial charge in [-0.05, 0) is 60.5 Å². The number of fused-ring (bicyclic) bond motifs is 2. The number of hydrogen-bond acceptors (Lipinski definition) is 4. The van der Waals surface area contributed by atoms with Crippen LogP contribution in [0.3, 0.4) is 0 Å². The highest BCUT2D eigenvalue weighted by Gasteiger charge is 2.43. The van der Waals surface area contributed by atoms with Crippen molar-refractivity contribution in [1.29, 1.82) is 0 Å². The van der Waals surface area contributed by atoms with E-state index in [0.717, 1.165) is 33.1 Å². The summed E-state index contributed by atoms with van der Waals surface area (Å²) in [5.74, 6) is 0.488. The highest BCUT2D eigenvalue weighted by molar-refractivity contribution is 9.10. The van der Waals surface area contributed by atoms with Crippen molar-refractivity contribution in [3.63, 3.8) is 0 Å². The summed E-state index contributed by atoms with van der Waals surface area (Å²) in [6.45, 7) is 2.76. The van der Waals surface area contributed by atoms with Gasteiger partial charge < -0.3 is 9.15 Å². The molecule has 0 fully saturated rings. The van der Waals surface area contributed by atoms with Gasteiger partial charge >= 0.3 is 0 Å². The fraction of sp³-hybridized carbons (Fsp3) is 0.185. The molecule has 1 aliphatic rings. The van der Waals surface area contributed by atoms with E-state index in [1.165, 1.54) is 0 Å². The summed E-state index contributed by atoms with van der Waals surface area (Å²) >= 11 is 6.93. The number of anilines is 1. The van der Waals surface area contributed by atoms with Gasteiger partial charge in [-0.3, -0.25) is 14.5 Å². The van der Waals surface area contributed by atoms with Crippen LogP contribution in [-0.4, -0.2) is 12.5 Å². The van der Waals surface area contributed by atoms with E-state index in [1.807, 2.05) is 48.5 Å². The quantitative estimate of drug-likeness (QED) is 0.225. The van der Waals surface area contributed by atoms with E-state index in [4.69, 9.17) is 9.15 Å². The normalized spacial score (nSPS) is 15.1. The molecule has 1 unspecified atom stereocenters. The molecular weight excluding hydrogens is 562 g/mol. The Morgan fingerprint density at radius 3 is 2.47 bits per heavy atom. The van der Waals surface area contributed by atoms with Gasteiger partial charge in [0.1, 0.15) is 11.3 Å². The van der Waals surface area contributed by atoms with Crippen LogP contribution < -0.4 is 15.1 Å². The predicted molar refractivity (Wildman–Crippen MR) is 140 cm³/mol. The summed E-state index contributed by atoms with van der Waals surface area (Å²) in [6, 6.07) is 19.6. The maximum Gasteiger partial charge on any atom is 0.295 e. The first-order valence-electron chi connectivity index (χ1n) is 11.1. The number of carbonyl (C=O) groups excluding carboxylic acids is 1. The Labute approximate surface area is 213 Å². The summed E-state index contributed by atoms with van der Waals surface area (Å²) < 4.78 is 13.4. The zero-order valence-electron chi connectivity index (χ0n) is 18.4. The van der Waals surface area contributed by atoms with Crippen molar-refractivity contribution >= 4 is 54.4 Å². The van der Waals surface area contributed by atoms with Crippen molar-refractivity contribution < 1.29 is 13.9 Å². The molecule has 0 saturated carbocycles. The van der Waals surface area contributed by atoms with Gasteiger partial charge in [0.25, 0.3) is 5.91 Å². The Morgan fingerprint density at radius 1 is 0.971 bits per heavy atom. The van der Waals surface area contributed by atoms with Crippen LogP contribution >= 0.6 is 31.9 Å². The summed E-state index contributed by atoms with van der Waals surface area (Å²) in [7, 11) is 0. The first-order valence-corrected chi connectivity index (χ1v) is 12.6. The molecule has 2 heterocycles. The SMILES string of the molecule is CCCCOc1ccc(C2c3c(oc4ccc(Br)cc4c3=O)C(=O)N2c2cccc(Br)c2)cc1. The van der Waals surface area contributed by atoms with Gasteiger partial charge in [0.05, 0.1) is 23.6 Å². The predicted octanol–water partition coefficient (Wildman–Crippen LogP) is 7.25. The first kappa shape index (κ1) is 22.9. The molecule has 1 atom stereocenters. The lowest BCUT2D eigenvalue weighted by Gasteiger charge is -2.25. The largest absolute Gasteiger partial charge is 0.494 e. The van der Waals surface area contributed by atoms with Crippen LogP contribution in [-0.2, 0) is 0 Å². The topological polar surface area (TPSA) is 59.8 Å². The number of carbonyl (C=O) groups is 1. The molecule has 0 bridgehead atoms. The fourth-order valence-electron chi connectivity index (χ4n) is 4.23. The van der Waals surface area contributed by atoms with Crippen LogP contribution in [0.5, 0.6) is 5.75 Å². The molecule has 5 nitrogen and oxygen atoms in total. The second kappa shape index (κ2) is 9.39. The van der Waals surface area contributed by atoms with E-state index in [9.17, 15) is 9.59 Å². The van der Waals surface area contributed by atoms with Gasteiger partial charge in [-0.25, -0.2) is 0 Å². The molecule has 7 heteroatoms. The summed E-state index contributed by atoms with van der Waals surface area (Å²) in [6.07, 6.45) is 2.03. The van der Waals surface area contributed by atoms with Crippen LogP contribution in [0, 0.1) is 0 Å². The standard InChI is InChI=1S/C27H21Br2NO4/c1-2-3-13-33-20-10-7-16(8-11-20)24-23-25(31)21-15-18(29)9-12-22(21)34-26(23)27(32)30(24)19-6-4-5-17(28)14-19/h4-12,14-15,24H,2-3,13H2,1H3. The second-order valence-corrected chi connectivity index (χ2v) is 9.97. The summed E-state index contributed by atoms with van der Waals surface area (Å²) in [5, 5.41) is 0.432. The Morgan fingerprint density at radius 2 is 1.74 bits per heavy atom. The molecule has 0 radical (unpaired) electrons. The number of rotatable bonds is 6. The van der Waals surface area contributed by atoms with E-state index in [2.05, 4.69) is 38.8 Å². The number of ether oxygens (including phenoxy) is 1. The van der Waals surface area contributed by atoms with E-state index >= 15 is 0 Å². The molecule has 4 aromatic rings. The van der Waals surface area contributed by atoms with Crippen molar-refractivity contribution in [2.45, 2.75) is 25.8 Å². The van der Waals surface area contributed by atoms with Crippen molar-refractivity contribution in [1.82, 2.24) is 0 Å². The smallest absolute Gasteiger partial charge is 0.295 e. The maximum absolute atomic E-state index is 13.7. The molecule has 0 aliphatic carbocycles. The van der Waals surface area contributed by atoms with Gasteiger partial charge in [-0.15, -0.1) is 0 Å². The Kier molecular flexibility index (Phi) is 6.32. The first-order chi connectivity index (χ1) is 16.5. The van der Waals surface area contributed by atoms with Gasteiger partial charge in [0, 0.05) is 14.6 Å². The number of halogens is 2. The van der Waals surface area contributed by atoms with E-state index in [0.29, 0.717) is 28.8 Å². The zero-order chi connectivity index (χ0) is 23.8. The molecule has 1 aromatic heterocycles. The monoisotopic (exact) mass is 581 g/mol. The highest BCUT2D eigenvalue weighted by Crippen LogP contribution is 2.42. The van der Waals surface area contributed by atoms with Crippen molar-refractivity contribution in [2.75, 3.05) is 11.5 Å². The van der Waals surface area contributed by atoms with Crippen LogP contribution in [0.1, 0.15) is 47.5 Å². The third-order valence-electron chi connectivity index (χ3n) is 5.88. The highest BCUT2D eigenvalue weighted by atomic mass is 79.9. The lowest BCUT2D eigenvalue weighted by atomic mass is 9.98. The van der Waals surface area contributed by atoms with E-state index < -0.39 is 6.04 Å². The Hall–Kier alpha value is -2.90. The molecule has 34 heavy (non-hydrogen) atoms. The molecule has 1 amide bonds. The molecular formula is C27H21Br2NO4. The van der Waals surface area contributed by atoms with Crippen LogP contribution in [0.25, 0.3) is 11.0 Å². The number of amides is 1. The minimum absolute atomic E-state index is 0.0769. The lowest BCUT2D eigenvalue weighted by molar-refractivity contribution is 0.0971. The van der Waals surface area contributed by atoms with Crippen LogP contribution in [0.2, 0.25) is 0 Å². The third-order valence-corrected chi connectivity index (χ3v) is 6.87. The van der Waals surface area contributed by atoms with Crippen molar-refractivity contribution in [3.05, 3.63) is 103 Å². The minimum Gasteiger partial charge on any atom is -0.494 e. The van der Waals surface area contributed by atoms with Crippen LogP contribution in [0.4, 0.5) is 5.69 Å². The average molecular weight is 583 g/mol. The Balaban J connectivity index is 1.68. The molecule has 0 saturated heterocycles. The van der Waals surface area contributed by atoms with Crippen molar-refractivity contribution in [2.24, 2.45) is 0 Å². The van der Waals surface area contributed by atoms with Gasteiger partial charge in [0.15, 0.2) is 5.43 Å². The Bertz CT molecular complexity index is 1450. The molecule has 0 N–H and O–H groups in total. The van der Waals surface area contributed by atoms with Gasteiger partial charge in [-0.1, -0.05) is 63.4 Å². The zero-order valence-corrected chi connectivity index (χ0v) is 21.6. The molecule has 172 valence electrons. The minimum atomic E-state index is -0.624. The fourth-order valence-corrected chi connectivity index (χ4v) is 4.98.